The Bertz CT molecular complexity index is 286. The van der Waals surface area contributed by atoms with Crippen LogP contribution in [0.5, 0.6) is 0 Å². The van der Waals surface area contributed by atoms with E-state index in [1.807, 2.05) is 30.3 Å². The predicted octanol–water partition coefficient (Wildman–Crippen LogP) is 4.02. The monoisotopic (exact) mass is 198 g/mol. The minimum Gasteiger partial charge on any atom is -0.0930 e. The Balaban J connectivity index is 2.85. The minimum absolute atomic E-state index is 0.688. The van der Waals surface area contributed by atoms with Crippen LogP contribution in [0.1, 0.15) is 5.56 Å². The maximum Gasteiger partial charge on any atom is 0.0478 e. The van der Waals surface area contributed by atoms with E-state index in [2.05, 4.69) is 0 Å². The SMILES string of the molecule is ClC=CC=C(Cl)c1ccccc1. The van der Waals surface area contributed by atoms with Crippen LogP contribution in [0.4, 0.5) is 0 Å². The fraction of sp³-hybridized carbons (Fsp3) is 0. The molecule has 0 bridgehead atoms. The third-order valence-electron chi connectivity index (χ3n) is 1.36. The molecule has 0 N–H and O–H groups in total. The van der Waals surface area contributed by atoms with Gasteiger partial charge in [0.05, 0.1) is 0 Å². The highest BCUT2D eigenvalue weighted by Gasteiger charge is 1.92. The van der Waals surface area contributed by atoms with Gasteiger partial charge in [-0.2, -0.15) is 0 Å². The van der Waals surface area contributed by atoms with E-state index in [-0.39, 0.29) is 0 Å². The maximum absolute atomic E-state index is 5.94. The van der Waals surface area contributed by atoms with Crippen LogP contribution < -0.4 is 0 Å². The van der Waals surface area contributed by atoms with E-state index in [1.54, 1.807) is 12.2 Å². The van der Waals surface area contributed by atoms with Crippen molar-refractivity contribution in [2.45, 2.75) is 0 Å². The highest BCUT2D eigenvalue weighted by Crippen LogP contribution is 2.17. The van der Waals surface area contributed by atoms with E-state index >= 15 is 0 Å². The molecule has 0 spiro atoms. The molecule has 0 amide bonds. The lowest BCUT2D eigenvalue weighted by Gasteiger charge is -1.95. The standard InChI is InChI=1S/C10H8Cl2/c11-8-4-7-10(12)9-5-2-1-3-6-9/h1-8H. The molecule has 0 aliphatic heterocycles. The van der Waals surface area contributed by atoms with Gasteiger partial charge in [-0.25, -0.2) is 0 Å². The molecule has 0 unspecified atom stereocenters. The molecule has 0 saturated heterocycles. The summed E-state index contributed by atoms with van der Waals surface area (Å²) in [5.41, 5.74) is 2.42. The Morgan fingerprint density at radius 2 is 1.83 bits per heavy atom. The Kier molecular flexibility index (Phi) is 3.92. The normalized spacial score (nSPS) is 12.3. The molecule has 0 fully saturated rings. The molecule has 1 rings (SSSR count). The van der Waals surface area contributed by atoms with Gasteiger partial charge in [0.1, 0.15) is 0 Å². The van der Waals surface area contributed by atoms with Crippen molar-refractivity contribution in [3.8, 4) is 0 Å². The molecule has 0 aromatic heterocycles. The van der Waals surface area contributed by atoms with Crippen LogP contribution in [-0.4, -0.2) is 0 Å². The first-order chi connectivity index (χ1) is 5.84. The average molecular weight is 199 g/mol. The van der Waals surface area contributed by atoms with Crippen LogP contribution in [0.25, 0.3) is 5.03 Å². The van der Waals surface area contributed by atoms with Gasteiger partial charge in [-0.3, -0.25) is 0 Å². The third kappa shape index (κ3) is 2.72. The summed E-state index contributed by atoms with van der Waals surface area (Å²) in [5, 5.41) is 0.688. The van der Waals surface area contributed by atoms with Gasteiger partial charge in [0.25, 0.3) is 0 Å². The summed E-state index contributed by atoms with van der Waals surface area (Å²) in [6.07, 6.45) is 3.45. The van der Waals surface area contributed by atoms with Gasteiger partial charge < -0.3 is 0 Å². The zero-order chi connectivity index (χ0) is 8.81. The van der Waals surface area contributed by atoms with E-state index in [4.69, 9.17) is 23.2 Å². The van der Waals surface area contributed by atoms with Crippen molar-refractivity contribution in [2.75, 3.05) is 0 Å². The molecule has 1 aromatic carbocycles. The fourth-order valence-electron chi connectivity index (χ4n) is 0.814. The number of hydrogen-bond acceptors (Lipinski definition) is 0. The molecule has 0 atom stereocenters. The molecule has 0 radical (unpaired) electrons. The Hall–Kier alpha value is -0.720. The number of halogens is 2. The smallest absolute Gasteiger partial charge is 0.0478 e. The Morgan fingerprint density at radius 3 is 2.42 bits per heavy atom. The van der Waals surface area contributed by atoms with Gasteiger partial charge in [0.15, 0.2) is 0 Å². The molecule has 0 aliphatic rings. The van der Waals surface area contributed by atoms with Gasteiger partial charge in [0, 0.05) is 10.6 Å². The molecule has 0 saturated carbocycles. The lowest BCUT2D eigenvalue weighted by Crippen LogP contribution is -1.73. The van der Waals surface area contributed by atoms with Crippen LogP contribution in [0.2, 0.25) is 0 Å². The molecular weight excluding hydrogens is 191 g/mol. The van der Waals surface area contributed by atoms with Crippen molar-refractivity contribution in [3.63, 3.8) is 0 Å². The second-order valence-electron chi connectivity index (χ2n) is 2.20. The summed E-state index contributed by atoms with van der Waals surface area (Å²) < 4.78 is 0. The second kappa shape index (κ2) is 5.02. The number of benzene rings is 1. The van der Waals surface area contributed by atoms with Crippen LogP contribution in [0.3, 0.4) is 0 Å². The summed E-state index contributed by atoms with van der Waals surface area (Å²) in [6.45, 7) is 0. The van der Waals surface area contributed by atoms with E-state index in [0.29, 0.717) is 5.03 Å². The third-order valence-corrected chi connectivity index (χ3v) is 1.85. The first-order valence-corrected chi connectivity index (χ1v) is 4.34. The van der Waals surface area contributed by atoms with Crippen molar-refractivity contribution >= 4 is 28.2 Å². The van der Waals surface area contributed by atoms with Gasteiger partial charge in [-0.1, -0.05) is 53.5 Å². The molecule has 12 heavy (non-hydrogen) atoms. The molecular formula is C10H8Cl2. The van der Waals surface area contributed by atoms with Gasteiger partial charge >= 0.3 is 0 Å². The molecule has 0 nitrogen and oxygen atoms in total. The quantitative estimate of drug-likeness (QED) is 0.631. The molecule has 0 aliphatic carbocycles. The Labute approximate surface area is 82.1 Å². The molecule has 0 heterocycles. The summed E-state index contributed by atoms with van der Waals surface area (Å²) in [4.78, 5) is 0. The van der Waals surface area contributed by atoms with Crippen LogP contribution >= 0.6 is 23.2 Å². The fourth-order valence-corrected chi connectivity index (χ4v) is 1.09. The zero-order valence-corrected chi connectivity index (χ0v) is 7.89. The lowest BCUT2D eigenvalue weighted by molar-refractivity contribution is 1.65. The lowest BCUT2D eigenvalue weighted by atomic mass is 10.2. The van der Waals surface area contributed by atoms with Gasteiger partial charge in [-0.05, 0) is 17.7 Å². The number of rotatable bonds is 2. The van der Waals surface area contributed by atoms with Crippen molar-refractivity contribution in [3.05, 3.63) is 53.6 Å². The van der Waals surface area contributed by atoms with Crippen LogP contribution in [0.15, 0.2) is 48.0 Å². The van der Waals surface area contributed by atoms with Crippen molar-refractivity contribution in [2.24, 2.45) is 0 Å². The predicted molar refractivity (Wildman–Crippen MR) is 55.3 cm³/mol. The molecule has 1 aromatic rings. The van der Waals surface area contributed by atoms with Gasteiger partial charge in [-0.15, -0.1) is 0 Å². The summed E-state index contributed by atoms with van der Waals surface area (Å²) >= 11 is 11.3. The van der Waals surface area contributed by atoms with E-state index < -0.39 is 0 Å². The topological polar surface area (TPSA) is 0 Å². The second-order valence-corrected chi connectivity index (χ2v) is 2.86. The van der Waals surface area contributed by atoms with E-state index in [1.165, 1.54) is 5.54 Å². The van der Waals surface area contributed by atoms with Crippen molar-refractivity contribution in [1.29, 1.82) is 0 Å². The maximum atomic E-state index is 5.94. The van der Waals surface area contributed by atoms with Crippen molar-refractivity contribution < 1.29 is 0 Å². The zero-order valence-electron chi connectivity index (χ0n) is 6.37. The molecule has 2 heteroatoms. The first-order valence-electron chi connectivity index (χ1n) is 3.52. The average Bonchev–Trinajstić information content (AvgIpc) is 2.15. The van der Waals surface area contributed by atoms with Crippen LogP contribution in [0, 0.1) is 0 Å². The summed E-state index contributed by atoms with van der Waals surface area (Å²) in [5.74, 6) is 0. The number of hydrogen-bond donors (Lipinski definition) is 0. The minimum atomic E-state index is 0.688. The highest BCUT2D eigenvalue weighted by atomic mass is 35.5. The van der Waals surface area contributed by atoms with E-state index in [0.717, 1.165) is 5.56 Å². The summed E-state index contributed by atoms with van der Waals surface area (Å²) in [6, 6.07) is 9.72. The largest absolute Gasteiger partial charge is 0.0930 e. The van der Waals surface area contributed by atoms with Crippen molar-refractivity contribution in [1.82, 2.24) is 0 Å². The van der Waals surface area contributed by atoms with E-state index in [9.17, 15) is 0 Å². The first kappa shape index (κ1) is 9.37. The summed E-state index contributed by atoms with van der Waals surface area (Å²) in [7, 11) is 0. The van der Waals surface area contributed by atoms with Gasteiger partial charge in [0.2, 0.25) is 0 Å². The highest BCUT2D eigenvalue weighted by molar-refractivity contribution is 6.48. The molecule has 62 valence electrons. The number of allylic oxidation sites excluding steroid dienone is 2. The Morgan fingerprint density at radius 1 is 1.17 bits per heavy atom. The van der Waals surface area contributed by atoms with Crippen LogP contribution in [-0.2, 0) is 0 Å².